The van der Waals surface area contributed by atoms with Gasteiger partial charge in [-0.2, -0.15) is 0 Å². The fourth-order valence-electron chi connectivity index (χ4n) is 2.01. The Kier molecular flexibility index (Phi) is 5.55. The van der Waals surface area contributed by atoms with Crippen LogP contribution in [0.5, 0.6) is 0 Å². The molecule has 0 radical (unpaired) electrons. The number of urea groups is 1. The Bertz CT molecular complexity index is 611. The zero-order valence-electron chi connectivity index (χ0n) is 12.8. The van der Waals surface area contributed by atoms with Crippen molar-refractivity contribution in [2.75, 3.05) is 18.5 Å². The third-order valence-corrected chi connectivity index (χ3v) is 3.40. The molecule has 1 atom stereocenters. The molecule has 6 heteroatoms. The molecule has 2 aromatic rings. The van der Waals surface area contributed by atoms with E-state index in [2.05, 4.69) is 15.6 Å². The summed E-state index contributed by atoms with van der Waals surface area (Å²) >= 11 is 0. The number of hydrogen-bond acceptors (Lipinski definition) is 4. The number of aliphatic hydroxyl groups is 1. The first-order chi connectivity index (χ1) is 10.6. The second kappa shape index (κ2) is 7.61. The summed E-state index contributed by atoms with van der Waals surface area (Å²) in [5.41, 5.74) is 2.47. The zero-order chi connectivity index (χ0) is 15.9. The minimum absolute atomic E-state index is 0.127. The van der Waals surface area contributed by atoms with Crippen molar-refractivity contribution in [3.05, 3.63) is 36.2 Å². The van der Waals surface area contributed by atoms with Crippen LogP contribution in [0, 0.1) is 12.8 Å². The first-order valence-electron chi connectivity index (χ1n) is 7.26. The molecular formula is C16H21N3O3. The van der Waals surface area contributed by atoms with Gasteiger partial charge in [-0.05, 0) is 37.0 Å². The van der Waals surface area contributed by atoms with Crippen molar-refractivity contribution in [3.8, 4) is 11.5 Å². The molecule has 0 bridgehead atoms. The van der Waals surface area contributed by atoms with E-state index in [-0.39, 0.29) is 18.6 Å². The lowest BCUT2D eigenvalue weighted by atomic mass is 10.1. The monoisotopic (exact) mass is 303 g/mol. The highest BCUT2D eigenvalue weighted by Crippen LogP contribution is 2.24. The second-order valence-electron chi connectivity index (χ2n) is 5.32. The summed E-state index contributed by atoms with van der Waals surface area (Å²) in [5, 5.41) is 14.5. The molecule has 0 spiro atoms. The Morgan fingerprint density at radius 3 is 2.95 bits per heavy atom. The number of benzene rings is 1. The fourth-order valence-corrected chi connectivity index (χ4v) is 2.01. The van der Waals surface area contributed by atoms with Gasteiger partial charge in [0, 0.05) is 24.4 Å². The van der Waals surface area contributed by atoms with Crippen molar-refractivity contribution in [1.29, 1.82) is 0 Å². The normalized spacial score (nSPS) is 12.0. The van der Waals surface area contributed by atoms with E-state index in [1.54, 1.807) is 6.20 Å². The predicted octanol–water partition coefficient (Wildman–Crippen LogP) is 2.79. The van der Waals surface area contributed by atoms with Gasteiger partial charge in [0.1, 0.15) is 6.26 Å². The maximum Gasteiger partial charge on any atom is 0.319 e. The van der Waals surface area contributed by atoms with E-state index in [9.17, 15) is 4.79 Å². The highest BCUT2D eigenvalue weighted by molar-refractivity contribution is 5.90. The minimum atomic E-state index is -0.266. The van der Waals surface area contributed by atoms with Gasteiger partial charge in [-0.3, -0.25) is 0 Å². The lowest BCUT2D eigenvalue weighted by Gasteiger charge is -2.13. The Labute approximate surface area is 129 Å². The summed E-state index contributed by atoms with van der Waals surface area (Å²) in [6.45, 7) is 4.54. The molecule has 0 saturated heterocycles. The topological polar surface area (TPSA) is 87.4 Å². The number of hydrogen-bond donors (Lipinski definition) is 3. The molecule has 2 rings (SSSR count). The van der Waals surface area contributed by atoms with Crippen LogP contribution >= 0.6 is 0 Å². The molecule has 1 heterocycles. The van der Waals surface area contributed by atoms with E-state index in [1.165, 1.54) is 6.26 Å². The molecule has 1 aromatic heterocycles. The number of carbonyl (C=O) groups is 1. The van der Waals surface area contributed by atoms with Crippen LogP contribution in [-0.4, -0.2) is 29.3 Å². The quantitative estimate of drug-likeness (QED) is 0.765. The van der Waals surface area contributed by atoms with Gasteiger partial charge >= 0.3 is 6.03 Å². The summed E-state index contributed by atoms with van der Waals surface area (Å²) in [5.74, 6) is 0.746. The van der Waals surface area contributed by atoms with Gasteiger partial charge in [-0.25, -0.2) is 9.78 Å². The van der Waals surface area contributed by atoms with Crippen molar-refractivity contribution >= 4 is 11.7 Å². The lowest BCUT2D eigenvalue weighted by Crippen LogP contribution is -2.32. The van der Waals surface area contributed by atoms with Crippen molar-refractivity contribution < 1.29 is 14.3 Å². The highest BCUT2D eigenvalue weighted by Gasteiger charge is 2.09. The van der Waals surface area contributed by atoms with E-state index in [0.717, 1.165) is 11.1 Å². The van der Waals surface area contributed by atoms with Crippen LogP contribution in [0.15, 0.2) is 35.1 Å². The SMILES string of the molecule is Cc1ccc(-c2ncco2)cc1NC(=O)NCC(C)CCO. The first kappa shape index (κ1) is 16.0. The Balaban J connectivity index is 2.00. The molecule has 6 nitrogen and oxygen atoms in total. The summed E-state index contributed by atoms with van der Waals surface area (Å²) in [4.78, 5) is 16.0. The predicted molar refractivity (Wildman–Crippen MR) is 84.6 cm³/mol. The van der Waals surface area contributed by atoms with E-state index < -0.39 is 0 Å². The van der Waals surface area contributed by atoms with Gasteiger partial charge < -0.3 is 20.2 Å². The Hall–Kier alpha value is -2.34. The van der Waals surface area contributed by atoms with Crippen LogP contribution in [0.25, 0.3) is 11.5 Å². The number of carbonyl (C=O) groups excluding carboxylic acids is 1. The van der Waals surface area contributed by atoms with E-state index in [0.29, 0.717) is 24.5 Å². The van der Waals surface area contributed by atoms with E-state index in [1.807, 2.05) is 32.0 Å². The van der Waals surface area contributed by atoms with Gasteiger partial charge in [-0.1, -0.05) is 13.0 Å². The molecule has 2 amide bonds. The molecule has 0 aliphatic heterocycles. The molecule has 3 N–H and O–H groups in total. The van der Waals surface area contributed by atoms with Crippen LogP contribution in [0.1, 0.15) is 18.9 Å². The third-order valence-electron chi connectivity index (χ3n) is 3.40. The van der Waals surface area contributed by atoms with Crippen LogP contribution < -0.4 is 10.6 Å². The number of aromatic nitrogens is 1. The molecule has 22 heavy (non-hydrogen) atoms. The molecule has 118 valence electrons. The number of aliphatic hydroxyl groups excluding tert-OH is 1. The zero-order valence-corrected chi connectivity index (χ0v) is 12.8. The van der Waals surface area contributed by atoms with Gasteiger partial charge in [-0.15, -0.1) is 0 Å². The van der Waals surface area contributed by atoms with E-state index >= 15 is 0 Å². The Morgan fingerprint density at radius 2 is 2.27 bits per heavy atom. The van der Waals surface area contributed by atoms with Gasteiger partial charge in [0.25, 0.3) is 0 Å². The van der Waals surface area contributed by atoms with Crippen molar-refractivity contribution in [2.45, 2.75) is 20.3 Å². The average molecular weight is 303 g/mol. The number of nitrogens with one attached hydrogen (secondary N) is 2. The fraction of sp³-hybridized carbons (Fsp3) is 0.375. The number of anilines is 1. The molecule has 1 unspecified atom stereocenters. The maximum absolute atomic E-state index is 11.9. The van der Waals surface area contributed by atoms with Crippen molar-refractivity contribution in [1.82, 2.24) is 10.3 Å². The van der Waals surface area contributed by atoms with Crippen LogP contribution in [0.3, 0.4) is 0 Å². The third kappa shape index (κ3) is 4.33. The van der Waals surface area contributed by atoms with Crippen LogP contribution in [-0.2, 0) is 0 Å². The first-order valence-corrected chi connectivity index (χ1v) is 7.26. The second-order valence-corrected chi connectivity index (χ2v) is 5.32. The van der Waals surface area contributed by atoms with Crippen LogP contribution in [0.4, 0.5) is 10.5 Å². The summed E-state index contributed by atoms with van der Waals surface area (Å²) in [6.07, 6.45) is 3.76. The molecule has 0 aliphatic carbocycles. The average Bonchev–Trinajstić information content (AvgIpc) is 3.02. The molecule has 0 fully saturated rings. The number of amides is 2. The van der Waals surface area contributed by atoms with Crippen molar-refractivity contribution in [3.63, 3.8) is 0 Å². The summed E-state index contributed by atoms with van der Waals surface area (Å²) < 4.78 is 5.26. The van der Waals surface area contributed by atoms with Crippen LogP contribution in [0.2, 0.25) is 0 Å². The number of rotatable bonds is 6. The van der Waals surface area contributed by atoms with Crippen molar-refractivity contribution in [2.24, 2.45) is 5.92 Å². The molecule has 1 aromatic carbocycles. The number of nitrogens with zero attached hydrogens (tertiary/aromatic N) is 1. The maximum atomic E-state index is 11.9. The lowest BCUT2D eigenvalue weighted by molar-refractivity contribution is 0.243. The minimum Gasteiger partial charge on any atom is -0.445 e. The largest absolute Gasteiger partial charge is 0.445 e. The smallest absolute Gasteiger partial charge is 0.319 e. The van der Waals surface area contributed by atoms with E-state index in [4.69, 9.17) is 9.52 Å². The number of aryl methyl sites for hydroxylation is 1. The standard InChI is InChI=1S/C16H21N3O3/c1-11(5-7-20)10-18-16(21)19-14-9-13(4-3-12(14)2)15-17-6-8-22-15/h3-4,6,8-9,11,20H,5,7,10H2,1-2H3,(H2,18,19,21). The molecule has 0 saturated carbocycles. The highest BCUT2D eigenvalue weighted by atomic mass is 16.3. The summed E-state index contributed by atoms with van der Waals surface area (Å²) in [6, 6.07) is 5.37. The van der Waals surface area contributed by atoms with Gasteiger partial charge in [0.15, 0.2) is 0 Å². The molecule has 0 aliphatic rings. The Morgan fingerprint density at radius 1 is 1.45 bits per heavy atom. The van der Waals surface area contributed by atoms with Gasteiger partial charge in [0.05, 0.1) is 6.20 Å². The molecular weight excluding hydrogens is 282 g/mol. The summed E-state index contributed by atoms with van der Waals surface area (Å²) in [7, 11) is 0. The number of oxazole rings is 1. The van der Waals surface area contributed by atoms with Gasteiger partial charge in [0.2, 0.25) is 5.89 Å².